The molecular formula is C20H30N4O3. The predicted molar refractivity (Wildman–Crippen MR) is 99.5 cm³/mol. The summed E-state index contributed by atoms with van der Waals surface area (Å²) in [5, 5.41) is 8.44. The summed E-state index contributed by atoms with van der Waals surface area (Å²) < 4.78 is 16.2. The molecule has 2 fully saturated rings. The van der Waals surface area contributed by atoms with Gasteiger partial charge in [-0.2, -0.15) is 4.98 Å². The minimum Gasteiger partial charge on any atom is -0.384 e. The molecule has 3 heterocycles. The van der Waals surface area contributed by atoms with E-state index in [1.165, 1.54) is 32.1 Å². The SMILES string of the molecule is COCCc1noc([C@H]2CCCN(Cc3cc(C4CCCCC4)no3)C2)n1. The Morgan fingerprint density at radius 1 is 1.07 bits per heavy atom. The second kappa shape index (κ2) is 8.97. The Morgan fingerprint density at radius 3 is 2.78 bits per heavy atom. The fourth-order valence-electron chi connectivity index (χ4n) is 4.34. The maximum atomic E-state index is 5.65. The van der Waals surface area contributed by atoms with E-state index in [4.69, 9.17) is 13.8 Å². The normalized spacial score (nSPS) is 22.3. The van der Waals surface area contributed by atoms with E-state index in [0.29, 0.717) is 24.9 Å². The number of hydrogen-bond acceptors (Lipinski definition) is 7. The van der Waals surface area contributed by atoms with Crippen molar-refractivity contribution in [1.82, 2.24) is 20.2 Å². The van der Waals surface area contributed by atoms with Gasteiger partial charge in [-0.05, 0) is 32.2 Å². The van der Waals surface area contributed by atoms with Crippen LogP contribution < -0.4 is 0 Å². The number of methoxy groups -OCH3 is 1. The molecule has 7 heteroatoms. The minimum absolute atomic E-state index is 0.295. The van der Waals surface area contributed by atoms with Crippen LogP contribution in [0.2, 0.25) is 0 Å². The van der Waals surface area contributed by atoms with E-state index in [-0.39, 0.29) is 0 Å². The van der Waals surface area contributed by atoms with Gasteiger partial charge in [-0.3, -0.25) is 4.90 Å². The van der Waals surface area contributed by atoms with Gasteiger partial charge in [0.25, 0.3) is 0 Å². The molecule has 0 amide bonds. The Kier molecular flexibility index (Phi) is 6.19. The predicted octanol–water partition coefficient (Wildman–Crippen LogP) is 3.67. The molecule has 0 unspecified atom stereocenters. The summed E-state index contributed by atoms with van der Waals surface area (Å²) in [4.78, 5) is 6.97. The smallest absolute Gasteiger partial charge is 0.231 e. The lowest BCUT2D eigenvalue weighted by molar-refractivity contribution is 0.164. The number of likely N-dealkylation sites (tertiary alicyclic amines) is 1. The Morgan fingerprint density at radius 2 is 1.93 bits per heavy atom. The average Bonchev–Trinajstić information content (AvgIpc) is 3.37. The monoisotopic (exact) mass is 374 g/mol. The number of aromatic nitrogens is 3. The average molecular weight is 374 g/mol. The molecule has 2 aromatic rings. The molecule has 7 nitrogen and oxygen atoms in total. The van der Waals surface area contributed by atoms with Gasteiger partial charge in [-0.1, -0.05) is 29.6 Å². The van der Waals surface area contributed by atoms with Crippen LogP contribution in [0.3, 0.4) is 0 Å². The summed E-state index contributed by atoms with van der Waals surface area (Å²) in [5.41, 5.74) is 1.15. The lowest BCUT2D eigenvalue weighted by Crippen LogP contribution is -2.33. The first-order valence-corrected chi connectivity index (χ1v) is 10.3. The maximum Gasteiger partial charge on any atom is 0.231 e. The van der Waals surface area contributed by atoms with E-state index in [9.17, 15) is 0 Å². The number of nitrogens with zero attached hydrogens (tertiary/aromatic N) is 4. The third kappa shape index (κ3) is 4.76. The van der Waals surface area contributed by atoms with E-state index < -0.39 is 0 Å². The molecule has 4 rings (SSSR count). The van der Waals surface area contributed by atoms with E-state index in [1.807, 2.05) is 0 Å². The third-order valence-corrected chi connectivity index (χ3v) is 5.85. The van der Waals surface area contributed by atoms with Gasteiger partial charge in [-0.25, -0.2) is 0 Å². The first-order chi connectivity index (χ1) is 13.3. The van der Waals surface area contributed by atoms with Gasteiger partial charge in [0.05, 0.1) is 24.8 Å². The highest BCUT2D eigenvalue weighted by Gasteiger charge is 2.27. The van der Waals surface area contributed by atoms with Gasteiger partial charge >= 0.3 is 0 Å². The van der Waals surface area contributed by atoms with Crippen molar-refractivity contribution in [3.8, 4) is 0 Å². The van der Waals surface area contributed by atoms with Crippen LogP contribution in [0, 0.1) is 0 Å². The summed E-state index contributed by atoms with van der Waals surface area (Å²) in [5.74, 6) is 3.35. The van der Waals surface area contributed by atoms with Gasteiger partial charge in [0, 0.05) is 32.1 Å². The number of piperidine rings is 1. The molecule has 0 radical (unpaired) electrons. The van der Waals surface area contributed by atoms with Crippen LogP contribution in [0.4, 0.5) is 0 Å². The van der Waals surface area contributed by atoms with Crippen molar-refractivity contribution in [3.63, 3.8) is 0 Å². The zero-order valence-corrected chi connectivity index (χ0v) is 16.2. The third-order valence-electron chi connectivity index (χ3n) is 5.85. The van der Waals surface area contributed by atoms with Crippen LogP contribution in [0.1, 0.15) is 80.0 Å². The standard InChI is InChI=1S/C20H30N4O3/c1-25-11-9-19-21-20(27-23-19)16-8-5-10-24(13-16)14-17-12-18(22-26-17)15-6-3-2-4-7-15/h12,15-16H,2-11,13-14H2,1H3/t16-/m0/s1. The molecular weight excluding hydrogens is 344 g/mol. The van der Waals surface area contributed by atoms with Crippen molar-refractivity contribution in [2.75, 3.05) is 26.8 Å². The molecule has 148 valence electrons. The van der Waals surface area contributed by atoms with E-state index in [2.05, 4.69) is 26.3 Å². The molecule has 0 bridgehead atoms. The van der Waals surface area contributed by atoms with E-state index >= 15 is 0 Å². The highest BCUT2D eigenvalue weighted by Crippen LogP contribution is 2.33. The Hall–Kier alpha value is -1.73. The Bertz CT molecular complexity index is 708. The van der Waals surface area contributed by atoms with E-state index in [0.717, 1.165) is 55.6 Å². The van der Waals surface area contributed by atoms with Gasteiger partial charge in [0.15, 0.2) is 11.6 Å². The van der Waals surface area contributed by atoms with Crippen LogP contribution >= 0.6 is 0 Å². The summed E-state index contributed by atoms with van der Waals surface area (Å²) in [7, 11) is 1.68. The van der Waals surface area contributed by atoms with Crippen molar-refractivity contribution >= 4 is 0 Å². The van der Waals surface area contributed by atoms with Crippen molar-refractivity contribution < 1.29 is 13.8 Å². The first-order valence-electron chi connectivity index (χ1n) is 10.3. The zero-order chi connectivity index (χ0) is 18.5. The Balaban J connectivity index is 1.33. The highest BCUT2D eigenvalue weighted by atomic mass is 16.5. The molecule has 0 aromatic carbocycles. The van der Waals surface area contributed by atoms with Crippen molar-refractivity contribution in [3.05, 3.63) is 29.2 Å². The summed E-state index contributed by atoms with van der Waals surface area (Å²) in [6, 6.07) is 2.18. The zero-order valence-electron chi connectivity index (χ0n) is 16.2. The quantitative estimate of drug-likeness (QED) is 0.731. The largest absolute Gasteiger partial charge is 0.384 e. The topological polar surface area (TPSA) is 77.4 Å². The van der Waals surface area contributed by atoms with Gasteiger partial charge < -0.3 is 13.8 Å². The Labute approximate surface area is 160 Å². The second-order valence-electron chi connectivity index (χ2n) is 7.92. The molecule has 1 aliphatic heterocycles. The lowest BCUT2D eigenvalue weighted by atomic mass is 9.87. The maximum absolute atomic E-state index is 5.65. The number of rotatable bonds is 7. The van der Waals surface area contributed by atoms with Crippen LogP contribution in [0.15, 0.2) is 15.1 Å². The van der Waals surface area contributed by atoms with Crippen LogP contribution in [0.5, 0.6) is 0 Å². The molecule has 2 aromatic heterocycles. The summed E-state index contributed by atoms with van der Waals surface area (Å²) >= 11 is 0. The molecule has 27 heavy (non-hydrogen) atoms. The van der Waals surface area contributed by atoms with Crippen LogP contribution in [0.25, 0.3) is 0 Å². The van der Waals surface area contributed by atoms with E-state index in [1.54, 1.807) is 7.11 Å². The minimum atomic E-state index is 0.295. The van der Waals surface area contributed by atoms with Gasteiger partial charge in [0.2, 0.25) is 5.89 Å². The van der Waals surface area contributed by atoms with Crippen molar-refractivity contribution in [2.24, 2.45) is 0 Å². The van der Waals surface area contributed by atoms with Gasteiger partial charge in [-0.15, -0.1) is 0 Å². The van der Waals surface area contributed by atoms with Crippen LogP contribution in [-0.4, -0.2) is 47.0 Å². The molecule has 1 atom stereocenters. The number of ether oxygens (including phenoxy) is 1. The van der Waals surface area contributed by atoms with Gasteiger partial charge in [0.1, 0.15) is 0 Å². The van der Waals surface area contributed by atoms with Crippen molar-refractivity contribution in [1.29, 1.82) is 0 Å². The lowest BCUT2D eigenvalue weighted by Gasteiger charge is -2.29. The fourth-order valence-corrected chi connectivity index (χ4v) is 4.34. The summed E-state index contributed by atoms with van der Waals surface area (Å²) in [6.45, 7) is 3.41. The molecule has 2 aliphatic rings. The molecule has 0 spiro atoms. The molecule has 1 saturated heterocycles. The summed E-state index contributed by atoms with van der Waals surface area (Å²) in [6.07, 6.45) is 9.41. The molecule has 0 N–H and O–H groups in total. The van der Waals surface area contributed by atoms with Crippen LogP contribution in [-0.2, 0) is 17.7 Å². The fraction of sp³-hybridized carbons (Fsp3) is 0.750. The molecule has 1 saturated carbocycles. The first kappa shape index (κ1) is 18.6. The molecule has 1 aliphatic carbocycles. The highest BCUT2D eigenvalue weighted by molar-refractivity contribution is 5.11. The number of hydrogen-bond donors (Lipinski definition) is 0. The van der Waals surface area contributed by atoms with Crippen molar-refractivity contribution in [2.45, 2.75) is 69.7 Å². The second-order valence-corrected chi connectivity index (χ2v) is 7.92.